The Balaban J connectivity index is 3.51. The number of hydrogen-bond donors (Lipinski definition) is 1. The van der Waals surface area contributed by atoms with Crippen molar-refractivity contribution >= 4 is 21.9 Å². The number of carboxylic acid groups (broad SMARTS) is 1. The van der Waals surface area contributed by atoms with E-state index in [4.69, 9.17) is 14.6 Å². The number of aryl methyl sites for hydroxylation is 1. The van der Waals surface area contributed by atoms with Crippen LogP contribution in [-0.2, 0) is 0 Å². The van der Waals surface area contributed by atoms with Crippen LogP contribution >= 0.6 is 15.9 Å². The molecular formula is C10H11BrO4. The summed E-state index contributed by atoms with van der Waals surface area (Å²) < 4.78 is 10.6. The number of carboxylic acids is 1. The maximum absolute atomic E-state index is 11.0. The minimum Gasteiger partial charge on any atom is -0.493 e. The van der Waals surface area contributed by atoms with Crippen molar-refractivity contribution in [3.63, 3.8) is 0 Å². The summed E-state index contributed by atoms with van der Waals surface area (Å²) in [6, 6.07) is 1.63. The van der Waals surface area contributed by atoms with E-state index in [1.807, 2.05) is 0 Å². The Morgan fingerprint density at radius 3 is 2.40 bits per heavy atom. The summed E-state index contributed by atoms with van der Waals surface area (Å²) in [7, 11) is 2.97. The highest BCUT2D eigenvalue weighted by atomic mass is 79.9. The number of carbonyl (C=O) groups is 1. The fourth-order valence-corrected chi connectivity index (χ4v) is 2.17. The molecule has 0 spiro atoms. The molecule has 0 aromatic heterocycles. The summed E-state index contributed by atoms with van der Waals surface area (Å²) in [4.78, 5) is 11.0. The van der Waals surface area contributed by atoms with E-state index < -0.39 is 5.97 Å². The second-order valence-corrected chi connectivity index (χ2v) is 3.72. The van der Waals surface area contributed by atoms with Crippen LogP contribution in [0.4, 0.5) is 0 Å². The van der Waals surface area contributed by atoms with Crippen LogP contribution in [0.25, 0.3) is 0 Å². The Labute approximate surface area is 95.9 Å². The van der Waals surface area contributed by atoms with Gasteiger partial charge in [0.2, 0.25) is 0 Å². The number of ether oxygens (including phenoxy) is 2. The molecule has 0 heterocycles. The lowest BCUT2D eigenvalue weighted by Crippen LogP contribution is -2.04. The van der Waals surface area contributed by atoms with E-state index >= 15 is 0 Å². The second kappa shape index (κ2) is 4.53. The number of methoxy groups -OCH3 is 2. The maximum Gasteiger partial charge on any atom is 0.337 e. The molecule has 0 aliphatic carbocycles. The van der Waals surface area contributed by atoms with E-state index in [2.05, 4.69) is 15.9 Å². The highest BCUT2D eigenvalue weighted by Crippen LogP contribution is 2.39. The number of aromatic carboxylic acids is 1. The van der Waals surface area contributed by atoms with Crippen LogP contribution < -0.4 is 9.47 Å². The van der Waals surface area contributed by atoms with Gasteiger partial charge in [-0.15, -0.1) is 0 Å². The number of rotatable bonds is 3. The molecule has 0 saturated heterocycles. The van der Waals surface area contributed by atoms with Crippen LogP contribution in [0.1, 0.15) is 15.9 Å². The molecule has 82 valence electrons. The minimum atomic E-state index is -1.000. The van der Waals surface area contributed by atoms with Gasteiger partial charge in [0, 0.05) is 0 Å². The predicted molar refractivity (Wildman–Crippen MR) is 58.9 cm³/mol. The highest BCUT2D eigenvalue weighted by molar-refractivity contribution is 9.10. The molecule has 0 aliphatic rings. The highest BCUT2D eigenvalue weighted by Gasteiger charge is 2.20. The van der Waals surface area contributed by atoms with Crippen molar-refractivity contribution < 1.29 is 19.4 Å². The van der Waals surface area contributed by atoms with Crippen LogP contribution in [0.3, 0.4) is 0 Å². The molecule has 0 unspecified atom stereocenters. The third-order valence-electron chi connectivity index (χ3n) is 2.02. The van der Waals surface area contributed by atoms with Crippen molar-refractivity contribution in [2.45, 2.75) is 6.92 Å². The lowest BCUT2D eigenvalue weighted by Gasteiger charge is -2.13. The zero-order valence-corrected chi connectivity index (χ0v) is 10.2. The van der Waals surface area contributed by atoms with Gasteiger partial charge in [0.1, 0.15) is 0 Å². The first-order valence-corrected chi connectivity index (χ1v) is 4.96. The first-order valence-electron chi connectivity index (χ1n) is 4.17. The van der Waals surface area contributed by atoms with E-state index in [1.54, 1.807) is 13.0 Å². The monoisotopic (exact) mass is 274 g/mol. The fraction of sp³-hybridized carbons (Fsp3) is 0.300. The Morgan fingerprint density at radius 2 is 2.00 bits per heavy atom. The summed E-state index contributed by atoms with van der Waals surface area (Å²) in [5.74, 6) is -0.104. The first-order chi connectivity index (χ1) is 7.02. The standard InChI is InChI=1S/C10H11BrO4/c1-5-4-6(14-2)9(15-3)8(11)7(5)10(12)13/h4H,1-3H3,(H,12,13). The molecule has 1 rings (SSSR count). The Morgan fingerprint density at radius 1 is 1.40 bits per heavy atom. The zero-order chi connectivity index (χ0) is 11.6. The van der Waals surface area contributed by atoms with Crippen LogP contribution in [0, 0.1) is 6.92 Å². The predicted octanol–water partition coefficient (Wildman–Crippen LogP) is 2.47. The van der Waals surface area contributed by atoms with Gasteiger partial charge in [-0.05, 0) is 34.5 Å². The van der Waals surface area contributed by atoms with Gasteiger partial charge < -0.3 is 14.6 Å². The third-order valence-corrected chi connectivity index (χ3v) is 2.78. The van der Waals surface area contributed by atoms with E-state index in [0.717, 1.165) is 0 Å². The van der Waals surface area contributed by atoms with Crippen molar-refractivity contribution in [1.29, 1.82) is 0 Å². The minimum absolute atomic E-state index is 0.188. The van der Waals surface area contributed by atoms with Crippen LogP contribution in [-0.4, -0.2) is 25.3 Å². The molecule has 1 N–H and O–H groups in total. The molecule has 5 heteroatoms. The maximum atomic E-state index is 11.0. The van der Waals surface area contributed by atoms with E-state index in [-0.39, 0.29) is 5.56 Å². The fourth-order valence-electron chi connectivity index (χ4n) is 1.33. The van der Waals surface area contributed by atoms with Crippen molar-refractivity contribution in [3.8, 4) is 11.5 Å². The smallest absolute Gasteiger partial charge is 0.337 e. The SMILES string of the molecule is COc1cc(C)c(C(=O)O)c(Br)c1OC. The van der Waals surface area contributed by atoms with E-state index in [0.29, 0.717) is 21.5 Å². The lowest BCUT2D eigenvalue weighted by atomic mass is 10.1. The van der Waals surface area contributed by atoms with Gasteiger partial charge in [-0.1, -0.05) is 0 Å². The van der Waals surface area contributed by atoms with Gasteiger partial charge >= 0.3 is 5.97 Å². The normalized spacial score (nSPS) is 9.87. The van der Waals surface area contributed by atoms with Gasteiger partial charge in [0.05, 0.1) is 24.3 Å². The van der Waals surface area contributed by atoms with E-state index in [1.165, 1.54) is 14.2 Å². The third kappa shape index (κ3) is 2.07. The molecule has 1 aromatic rings. The number of halogens is 1. The summed E-state index contributed by atoms with van der Waals surface area (Å²) in [5.41, 5.74) is 0.805. The molecule has 0 radical (unpaired) electrons. The summed E-state index contributed by atoms with van der Waals surface area (Å²) in [6.45, 7) is 1.70. The van der Waals surface area contributed by atoms with Crippen molar-refractivity contribution in [3.05, 3.63) is 21.7 Å². The van der Waals surface area contributed by atoms with Crippen LogP contribution in [0.15, 0.2) is 10.5 Å². The first kappa shape index (κ1) is 11.8. The molecule has 0 fully saturated rings. The topological polar surface area (TPSA) is 55.8 Å². The molecule has 1 aromatic carbocycles. The lowest BCUT2D eigenvalue weighted by molar-refractivity contribution is 0.0694. The summed E-state index contributed by atoms with van der Waals surface area (Å²) in [6.07, 6.45) is 0. The van der Waals surface area contributed by atoms with E-state index in [9.17, 15) is 4.79 Å². The molecular weight excluding hydrogens is 264 g/mol. The number of hydrogen-bond acceptors (Lipinski definition) is 3. The molecule has 0 bridgehead atoms. The molecule has 15 heavy (non-hydrogen) atoms. The van der Waals surface area contributed by atoms with Gasteiger partial charge in [0.15, 0.2) is 11.5 Å². The quantitative estimate of drug-likeness (QED) is 0.920. The Bertz CT molecular complexity index is 401. The van der Waals surface area contributed by atoms with Gasteiger partial charge in [-0.2, -0.15) is 0 Å². The molecule has 0 saturated carbocycles. The largest absolute Gasteiger partial charge is 0.493 e. The Kier molecular flexibility index (Phi) is 3.57. The van der Waals surface area contributed by atoms with Gasteiger partial charge in [0.25, 0.3) is 0 Å². The number of benzene rings is 1. The van der Waals surface area contributed by atoms with Crippen molar-refractivity contribution in [1.82, 2.24) is 0 Å². The Hall–Kier alpha value is -1.23. The average molecular weight is 275 g/mol. The molecule has 0 amide bonds. The molecule has 0 atom stereocenters. The molecule has 0 aliphatic heterocycles. The van der Waals surface area contributed by atoms with Crippen LogP contribution in [0.5, 0.6) is 11.5 Å². The summed E-state index contributed by atoms with van der Waals surface area (Å²) in [5, 5.41) is 9.00. The molecule has 4 nitrogen and oxygen atoms in total. The van der Waals surface area contributed by atoms with Crippen molar-refractivity contribution in [2.75, 3.05) is 14.2 Å². The van der Waals surface area contributed by atoms with Gasteiger partial charge in [-0.3, -0.25) is 0 Å². The van der Waals surface area contributed by atoms with Gasteiger partial charge in [-0.25, -0.2) is 4.79 Å². The summed E-state index contributed by atoms with van der Waals surface area (Å²) >= 11 is 3.20. The van der Waals surface area contributed by atoms with Crippen molar-refractivity contribution in [2.24, 2.45) is 0 Å². The van der Waals surface area contributed by atoms with Crippen LogP contribution in [0.2, 0.25) is 0 Å². The average Bonchev–Trinajstić information content (AvgIpc) is 2.16. The second-order valence-electron chi connectivity index (χ2n) is 2.92. The zero-order valence-electron chi connectivity index (χ0n) is 8.63.